The summed E-state index contributed by atoms with van der Waals surface area (Å²) in [5.74, 6) is 2.70. The number of hydrogen-bond acceptors (Lipinski definition) is 5. The topological polar surface area (TPSA) is 69.1 Å². The van der Waals surface area contributed by atoms with Crippen molar-refractivity contribution in [2.24, 2.45) is 5.10 Å². The number of rotatable bonds is 4. The summed E-state index contributed by atoms with van der Waals surface area (Å²) in [6.45, 7) is -1.90. The summed E-state index contributed by atoms with van der Waals surface area (Å²) in [6.07, 6.45) is 12.4. The number of hydrogen-bond donors (Lipinski definition) is 0. The second kappa shape index (κ2) is 4.38. The Hall–Kier alpha value is -3.28. The summed E-state index contributed by atoms with van der Waals surface area (Å²) in [6, 6.07) is 5.54. The second-order valence-electron chi connectivity index (χ2n) is 4.52. The predicted octanol–water partition coefficient (Wildman–Crippen LogP) is 0.225. The molecule has 0 atom stereocenters. The Kier molecular flexibility index (Phi) is 2.41. The van der Waals surface area contributed by atoms with Crippen LogP contribution in [0.15, 0.2) is 72.4 Å². The van der Waals surface area contributed by atoms with Crippen molar-refractivity contribution in [3.05, 3.63) is 67.3 Å². The van der Waals surface area contributed by atoms with E-state index in [2.05, 4.69) is 32.0 Å². The summed E-state index contributed by atoms with van der Waals surface area (Å²) in [5, 5.41) is 17.4. The van der Waals surface area contributed by atoms with E-state index in [1.54, 1.807) is 43.5 Å². The van der Waals surface area contributed by atoms with Crippen LogP contribution < -0.4 is 0 Å². The highest BCUT2D eigenvalue weighted by atomic mass is 15.6. The van der Waals surface area contributed by atoms with Gasteiger partial charge in [-0.2, -0.15) is 5.10 Å². The van der Waals surface area contributed by atoms with Crippen LogP contribution in [0.3, 0.4) is 0 Å². The van der Waals surface area contributed by atoms with E-state index in [9.17, 15) is 0 Å². The summed E-state index contributed by atoms with van der Waals surface area (Å²) in [7, 11) is 0. The Bertz CT molecular complexity index is 720. The number of aromatic nitrogens is 6. The van der Waals surface area contributed by atoms with Crippen molar-refractivity contribution >= 4 is 12.6 Å². The molecular formula is C12H10BN8-. The second-order valence-corrected chi connectivity index (χ2v) is 4.52. The van der Waals surface area contributed by atoms with Crippen molar-refractivity contribution in [3.63, 3.8) is 0 Å². The standard InChI is InChI=1S/C12H10BN8/c1-5-14-18(9-1)13(19-10-2-6-15-19,20-11-3-7-16-20)21-12-4-8-17-21/h1-3,5-7,9-12H/q-1. The van der Waals surface area contributed by atoms with E-state index in [0.29, 0.717) is 0 Å². The van der Waals surface area contributed by atoms with Crippen molar-refractivity contribution in [1.82, 2.24) is 34.0 Å². The van der Waals surface area contributed by atoms with E-state index >= 15 is 0 Å². The molecule has 1 aliphatic heterocycles. The van der Waals surface area contributed by atoms with E-state index in [0.717, 1.165) is 0 Å². The van der Waals surface area contributed by atoms with Crippen molar-refractivity contribution in [3.8, 4) is 0 Å². The predicted molar refractivity (Wildman–Crippen MR) is 76.0 cm³/mol. The van der Waals surface area contributed by atoms with Gasteiger partial charge in [-0.15, -0.1) is 0 Å². The molecular weight excluding hydrogens is 267 g/mol. The van der Waals surface area contributed by atoms with Crippen molar-refractivity contribution < 1.29 is 0 Å². The minimum absolute atomic E-state index is 1.70. The van der Waals surface area contributed by atoms with Gasteiger partial charge in [0.2, 0.25) is 0 Å². The van der Waals surface area contributed by atoms with Crippen LogP contribution in [0.1, 0.15) is 0 Å². The molecule has 8 nitrogen and oxygen atoms in total. The van der Waals surface area contributed by atoms with Gasteiger partial charge >= 0.3 is 6.69 Å². The average molecular weight is 277 g/mol. The van der Waals surface area contributed by atoms with Gasteiger partial charge in [0.15, 0.2) is 0 Å². The van der Waals surface area contributed by atoms with Crippen LogP contribution >= 0.6 is 0 Å². The van der Waals surface area contributed by atoms with Gasteiger partial charge in [0.25, 0.3) is 0 Å². The maximum Gasteiger partial charge on any atom is 0.467 e. The average Bonchev–Trinajstić information content (AvgIpc) is 3.32. The monoisotopic (exact) mass is 277 g/mol. The third kappa shape index (κ3) is 1.53. The fourth-order valence-electron chi connectivity index (χ4n) is 2.57. The molecule has 21 heavy (non-hydrogen) atoms. The fourth-order valence-corrected chi connectivity index (χ4v) is 2.57. The Morgan fingerprint density at radius 2 is 1.29 bits per heavy atom. The zero-order valence-electron chi connectivity index (χ0n) is 10.9. The molecule has 1 aliphatic rings. The lowest BCUT2D eigenvalue weighted by Crippen LogP contribution is -2.67. The van der Waals surface area contributed by atoms with Gasteiger partial charge in [0, 0.05) is 24.8 Å². The molecule has 3 aromatic heterocycles. The molecule has 102 valence electrons. The molecule has 9 heteroatoms. The minimum atomic E-state index is -1.90. The molecule has 0 unspecified atom stereocenters. The van der Waals surface area contributed by atoms with E-state index in [-0.39, 0.29) is 0 Å². The smallest absolute Gasteiger partial charge is 0.379 e. The SMILES string of the molecule is C1=C=NN([B-](n2cccn2)(n2cccn2)n2cccn2)C=1. The Morgan fingerprint density at radius 1 is 0.762 bits per heavy atom. The van der Waals surface area contributed by atoms with Crippen LogP contribution in [0.25, 0.3) is 0 Å². The van der Waals surface area contributed by atoms with E-state index in [4.69, 9.17) is 0 Å². The third-order valence-corrected chi connectivity index (χ3v) is 3.42. The maximum atomic E-state index is 4.39. The first kappa shape index (κ1) is 11.5. The molecule has 4 rings (SSSR count). The molecule has 0 saturated carbocycles. The molecule has 0 amide bonds. The first-order valence-electron chi connectivity index (χ1n) is 6.40. The van der Waals surface area contributed by atoms with Gasteiger partial charge in [0.05, 0.1) is 5.87 Å². The van der Waals surface area contributed by atoms with Crippen molar-refractivity contribution in [2.75, 3.05) is 0 Å². The first-order chi connectivity index (χ1) is 10.4. The van der Waals surface area contributed by atoms with E-state index in [1.165, 1.54) is 0 Å². The third-order valence-electron chi connectivity index (χ3n) is 3.42. The van der Waals surface area contributed by atoms with Crippen LogP contribution in [0.2, 0.25) is 0 Å². The van der Waals surface area contributed by atoms with Gasteiger partial charge in [0.1, 0.15) is 0 Å². The first-order valence-corrected chi connectivity index (χ1v) is 6.40. The Labute approximate surface area is 119 Å². The van der Waals surface area contributed by atoms with Crippen molar-refractivity contribution in [1.29, 1.82) is 0 Å². The van der Waals surface area contributed by atoms with Crippen LogP contribution in [0.4, 0.5) is 0 Å². The molecule has 0 aromatic carbocycles. The highest BCUT2D eigenvalue weighted by Gasteiger charge is 2.41. The van der Waals surface area contributed by atoms with Crippen molar-refractivity contribution in [2.45, 2.75) is 0 Å². The van der Waals surface area contributed by atoms with Gasteiger partial charge < -0.3 is 18.7 Å². The summed E-state index contributed by atoms with van der Waals surface area (Å²) >= 11 is 0. The quantitative estimate of drug-likeness (QED) is 0.505. The highest BCUT2D eigenvalue weighted by Crippen LogP contribution is 2.18. The molecule has 0 bridgehead atoms. The Morgan fingerprint density at radius 3 is 1.62 bits per heavy atom. The molecule has 3 aromatic rings. The maximum absolute atomic E-state index is 4.39. The zero-order valence-corrected chi connectivity index (χ0v) is 10.9. The summed E-state index contributed by atoms with van der Waals surface area (Å²) in [5.41, 5.74) is 2.84. The molecule has 0 radical (unpaired) electrons. The zero-order chi connectivity index (χ0) is 14.1. The lowest BCUT2D eigenvalue weighted by molar-refractivity contribution is 0.504. The summed E-state index contributed by atoms with van der Waals surface area (Å²) < 4.78 is 5.32. The molecule has 0 N–H and O–H groups in total. The van der Waals surface area contributed by atoms with Crippen LogP contribution in [-0.4, -0.2) is 46.5 Å². The van der Waals surface area contributed by atoms with Crippen LogP contribution in [0.5, 0.6) is 0 Å². The van der Waals surface area contributed by atoms with E-state index < -0.39 is 6.69 Å². The van der Waals surface area contributed by atoms with Gasteiger partial charge in [-0.1, -0.05) is 0 Å². The van der Waals surface area contributed by atoms with Crippen LogP contribution in [0, 0.1) is 0 Å². The number of nitrogens with zero attached hydrogens (tertiary/aromatic N) is 8. The molecule has 4 heterocycles. The van der Waals surface area contributed by atoms with Gasteiger partial charge in [-0.05, 0) is 42.5 Å². The highest BCUT2D eigenvalue weighted by molar-refractivity contribution is 6.72. The minimum Gasteiger partial charge on any atom is -0.379 e. The molecule has 0 aliphatic carbocycles. The normalized spacial score (nSPS) is 13.4. The van der Waals surface area contributed by atoms with Crippen LogP contribution in [-0.2, 0) is 0 Å². The largest absolute Gasteiger partial charge is 0.467 e. The van der Waals surface area contributed by atoms with E-state index in [1.807, 2.05) is 36.8 Å². The fraction of sp³-hybridized carbons (Fsp3) is 0. The van der Waals surface area contributed by atoms with Gasteiger partial charge in [-0.25, -0.2) is 15.3 Å². The molecule has 0 saturated heterocycles. The van der Waals surface area contributed by atoms with Gasteiger partial charge in [-0.3, -0.25) is 0 Å². The summed E-state index contributed by atoms with van der Waals surface area (Å²) in [4.78, 5) is 1.70. The number of hydrazone groups is 1. The Balaban J connectivity index is 2.04. The molecule has 0 spiro atoms. The lowest BCUT2D eigenvalue weighted by atomic mass is 9.74. The lowest BCUT2D eigenvalue weighted by Gasteiger charge is -2.45. The molecule has 0 fully saturated rings.